The van der Waals surface area contributed by atoms with Crippen molar-refractivity contribution in [2.24, 2.45) is 0 Å². The largest absolute Gasteiger partial charge is 0.479 e. The van der Waals surface area contributed by atoms with Crippen molar-refractivity contribution < 1.29 is 19.4 Å². The zero-order valence-electron chi connectivity index (χ0n) is 7.29. The van der Waals surface area contributed by atoms with E-state index in [9.17, 15) is 9.18 Å². The standard InChI is InChI=1S/C9H8ClFO3/c1-4-2-3-5(10)6(7(4)11)8(12)9(13)14/h2-3,8,12H,1H3,(H,13,14). The van der Waals surface area contributed by atoms with E-state index < -0.39 is 17.9 Å². The third-order valence-electron chi connectivity index (χ3n) is 1.83. The summed E-state index contributed by atoms with van der Waals surface area (Å²) in [4.78, 5) is 10.4. The van der Waals surface area contributed by atoms with E-state index in [1.54, 1.807) is 0 Å². The van der Waals surface area contributed by atoms with Crippen molar-refractivity contribution in [2.45, 2.75) is 13.0 Å². The molecule has 0 aromatic heterocycles. The van der Waals surface area contributed by atoms with Crippen LogP contribution in [0.5, 0.6) is 0 Å². The van der Waals surface area contributed by atoms with Gasteiger partial charge in [-0.25, -0.2) is 9.18 Å². The number of benzene rings is 1. The van der Waals surface area contributed by atoms with Crippen LogP contribution in [0.3, 0.4) is 0 Å². The maximum absolute atomic E-state index is 13.4. The number of rotatable bonds is 2. The van der Waals surface area contributed by atoms with Gasteiger partial charge in [0.15, 0.2) is 6.10 Å². The van der Waals surface area contributed by atoms with Crippen LogP contribution in [0, 0.1) is 12.7 Å². The Balaban J connectivity index is 3.32. The van der Waals surface area contributed by atoms with Crippen LogP contribution in [0.15, 0.2) is 12.1 Å². The van der Waals surface area contributed by atoms with Crippen LogP contribution in [0.4, 0.5) is 4.39 Å². The minimum Gasteiger partial charge on any atom is -0.479 e. The molecule has 0 saturated heterocycles. The lowest BCUT2D eigenvalue weighted by molar-refractivity contribution is -0.147. The summed E-state index contributed by atoms with van der Waals surface area (Å²) in [6, 6.07) is 2.76. The number of hydrogen-bond acceptors (Lipinski definition) is 2. The van der Waals surface area contributed by atoms with Crippen molar-refractivity contribution in [1.82, 2.24) is 0 Å². The maximum Gasteiger partial charge on any atom is 0.337 e. The van der Waals surface area contributed by atoms with Gasteiger partial charge in [-0.1, -0.05) is 17.7 Å². The fourth-order valence-corrected chi connectivity index (χ4v) is 1.30. The van der Waals surface area contributed by atoms with Crippen LogP contribution < -0.4 is 0 Å². The molecule has 76 valence electrons. The summed E-state index contributed by atoms with van der Waals surface area (Å²) in [7, 11) is 0. The van der Waals surface area contributed by atoms with Crippen molar-refractivity contribution in [3.05, 3.63) is 34.1 Å². The molecule has 3 nitrogen and oxygen atoms in total. The molecule has 1 unspecified atom stereocenters. The Morgan fingerprint density at radius 3 is 2.64 bits per heavy atom. The molecule has 1 aromatic rings. The number of aryl methyl sites for hydroxylation is 1. The normalized spacial score (nSPS) is 12.6. The highest BCUT2D eigenvalue weighted by Gasteiger charge is 2.23. The van der Waals surface area contributed by atoms with Gasteiger partial charge in [0.2, 0.25) is 0 Å². The lowest BCUT2D eigenvalue weighted by Gasteiger charge is -2.10. The summed E-state index contributed by atoms with van der Waals surface area (Å²) < 4.78 is 13.4. The van der Waals surface area contributed by atoms with Gasteiger partial charge < -0.3 is 10.2 Å². The van der Waals surface area contributed by atoms with Gasteiger partial charge in [0.1, 0.15) is 5.82 Å². The quantitative estimate of drug-likeness (QED) is 0.797. The van der Waals surface area contributed by atoms with Gasteiger partial charge in [-0.15, -0.1) is 0 Å². The lowest BCUT2D eigenvalue weighted by atomic mass is 10.1. The smallest absolute Gasteiger partial charge is 0.337 e. The number of aliphatic carboxylic acids is 1. The summed E-state index contributed by atoms with van der Waals surface area (Å²) in [5.41, 5.74) is -0.149. The highest BCUT2D eigenvalue weighted by atomic mass is 35.5. The van der Waals surface area contributed by atoms with Crippen molar-refractivity contribution in [3.63, 3.8) is 0 Å². The van der Waals surface area contributed by atoms with Crippen LogP contribution in [0.2, 0.25) is 5.02 Å². The van der Waals surface area contributed by atoms with Gasteiger partial charge in [-0.05, 0) is 18.6 Å². The number of halogens is 2. The second-order valence-corrected chi connectivity index (χ2v) is 3.24. The monoisotopic (exact) mass is 218 g/mol. The number of aliphatic hydroxyl groups excluding tert-OH is 1. The molecule has 14 heavy (non-hydrogen) atoms. The van der Waals surface area contributed by atoms with Crippen molar-refractivity contribution in [1.29, 1.82) is 0 Å². The van der Waals surface area contributed by atoms with Crippen LogP contribution in [0.25, 0.3) is 0 Å². The molecule has 0 spiro atoms. The van der Waals surface area contributed by atoms with E-state index in [2.05, 4.69) is 0 Å². The predicted molar refractivity (Wildman–Crippen MR) is 48.7 cm³/mol. The van der Waals surface area contributed by atoms with Crippen molar-refractivity contribution >= 4 is 17.6 Å². The van der Waals surface area contributed by atoms with E-state index >= 15 is 0 Å². The van der Waals surface area contributed by atoms with Gasteiger partial charge in [0.05, 0.1) is 0 Å². The Morgan fingerprint density at radius 1 is 1.57 bits per heavy atom. The Labute approximate surface area is 84.7 Å². The molecule has 0 aliphatic carbocycles. The lowest BCUT2D eigenvalue weighted by Crippen LogP contribution is -2.13. The highest BCUT2D eigenvalue weighted by molar-refractivity contribution is 6.31. The number of hydrogen-bond donors (Lipinski definition) is 2. The van der Waals surface area contributed by atoms with Gasteiger partial charge >= 0.3 is 5.97 Å². The Hall–Kier alpha value is -1.13. The Morgan fingerprint density at radius 2 is 2.14 bits per heavy atom. The zero-order chi connectivity index (χ0) is 10.9. The van der Waals surface area contributed by atoms with E-state index in [-0.39, 0.29) is 16.1 Å². The summed E-state index contributed by atoms with van der Waals surface area (Å²) >= 11 is 5.58. The molecule has 0 bridgehead atoms. The molecule has 0 heterocycles. The molecule has 0 radical (unpaired) electrons. The minimum atomic E-state index is -1.93. The molecule has 1 aromatic carbocycles. The summed E-state index contributed by atoms with van der Waals surface area (Å²) in [5.74, 6) is -2.32. The van der Waals surface area contributed by atoms with Crippen molar-refractivity contribution in [2.75, 3.05) is 0 Å². The Kier molecular flexibility index (Phi) is 3.08. The van der Waals surface area contributed by atoms with Crippen LogP contribution in [-0.2, 0) is 4.79 Å². The first kappa shape index (κ1) is 10.9. The van der Waals surface area contributed by atoms with Crippen LogP contribution in [-0.4, -0.2) is 16.2 Å². The second-order valence-electron chi connectivity index (χ2n) is 2.83. The Bertz CT molecular complexity index is 379. The van der Waals surface area contributed by atoms with E-state index in [4.69, 9.17) is 21.8 Å². The average Bonchev–Trinajstić information content (AvgIpc) is 2.12. The molecule has 0 amide bonds. The van der Waals surface area contributed by atoms with Gasteiger partial charge in [-0.3, -0.25) is 0 Å². The van der Waals surface area contributed by atoms with Gasteiger partial charge in [0.25, 0.3) is 0 Å². The number of carbonyl (C=O) groups is 1. The molecule has 0 saturated carbocycles. The fourth-order valence-electron chi connectivity index (χ4n) is 1.05. The van der Waals surface area contributed by atoms with E-state index in [1.165, 1.54) is 19.1 Å². The molecule has 1 rings (SSSR count). The minimum absolute atomic E-state index is 0.0944. The van der Waals surface area contributed by atoms with Crippen molar-refractivity contribution in [3.8, 4) is 0 Å². The van der Waals surface area contributed by atoms with E-state index in [0.717, 1.165) is 0 Å². The SMILES string of the molecule is Cc1ccc(Cl)c(C(O)C(=O)O)c1F. The molecule has 0 fully saturated rings. The highest BCUT2D eigenvalue weighted by Crippen LogP contribution is 2.27. The number of aliphatic hydroxyl groups is 1. The van der Waals surface area contributed by atoms with Gasteiger partial charge in [-0.2, -0.15) is 0 Å². The molecule has 5 heteroatoms. The van der Waals surface area contributed by atoms with Crippen LogP contribution in [0.1, 0.15) is 17.2 Å². The zero-order valence-corrected chi connectivity index (χ0v) is 8.05. The molecular weight excluding hydrogens is 211 g/mol. The second kappa shape index (κ2) is 3.94. The molecule has 1 atom stereocenters. The maximum atomic E-state index is 13.4. The summed E-state index contributed by atoms with van der Waals surface area (Å²) in [5, 5.41) is 17.6. The summed E-state index contributed by atoms with van der Waals surface area (Å²) in [6.07, 6.45) is -1.93. The molecule has 2 N–H and O–H groups in total. The molecule has 0 aliphatic heterocycles. The first-order valence-electron chi connectivity index (χ1n) is 3.80. The first-order valence-corrected chi connectivity index (χ1v) is 4.18. The topological polar surface area (TPSA) is 57.5 Å². The number of carboxylic acids is 1. The third kappa shape index (κ3) is 1.86. The fraction of sp³-hybridized carbons (Fsp3) is 0.222. The molecule has 0 aliphatic rings. The number of carboxylic acid groups (broad SMARTS) is 1. The van der Waals surface area contributed by atoms with Gasteiger partial charge in [0, 0.05) is 10.6 Å². The third-order valence-corrected chi connectivity index (χ3v) is 2.16. The molecular formula is C9H8ClFO3. The summed E-state index contributed by atoms with van der Waals surface area (Å²) in [6.45, 7) is 1.46. The predicted octanol–water partition coefficient (Wildman–Crippen LogP) is 1.91. The average molecular weight is 219 g/mol. The van der Waals surface area contributed by atoms with E-state index in [0.29, 0.717) is 0 Å². The van der Waals surface area contributed by atoms with E-state index in [1.807, 2.05) is 0 Å². The first-order chi connectivity index (χ1) is 6.45. The van der Waals surface area contributed by atoms with Crippen LogP contribution >= 0.6 is 11.6 Å².